The molecule has 0 saturated carbocycles. The van der Waals surface area contributed by atoms with Crippen LogP contribution in [0.15, 0.2) is 18.2 Å². The Morgan fingerprint density at radius 3 is 2.26 bits per heavy atom. The third-order valence-electron chi connectivity index (χ3n) is 3.29. The molecule has 19 heavy (non-hydrogen) atoms. The Labute approximate surface area is 119 Å². The Morgan fingerprint density at radius 2 is 1.74 bits per heavy atom. The van der Waals surface area contributed by atoms with E-state index < -0.39 is 0 Å². The van der Waals surface area contributed by atoms with Crippen LogP contribution in [-0.4, -0.2) is 9.97 Å². The van der Waals surface area contributed by atoms with Gasteiger partial charge in [-0.1, -0.05) is 48.5 Å². The van der Waals surface area contributed by atoms with Crippen molar-refractivity contribution in [1.29, 1.82) is 0 Å². The zero-order chi connectivity index (χ0) is 14.0. The van der Waals surface area contributed by atoms with E-state index in [0.717, 1.165) is 34.6 Å². The normalized spacial score (nSPS) is 10.7. The quantitative estimate of drug-likeness (QED) is 0.848. The molecule has 0 aliphatic heterocycles. The van der Waals surface area contributed by atoms with Gasteiger partial charge < -0.3 is 4.98 Å². The number of hydrogen-bond acceptors (Lipinski definition) is 2. The van der Waals surface area contributed by atoms with Crippen LogP contribution in [0.3, 0.4) is 0 Å². The predicted molar refractivity (Wildman–Crippen MR) is 82.3 cm³/mol. The third kappa shape index (κ3) is 3.29. The average molecular weight is 272 g/mol. The van der Waals surface area contributed by atoms with E-state index in [4.69, 9.17) is 12.2 Å². The second-order valence-electron chi connectivity index (χ2n) is 5.12. The van der Waals surface area contributed by atoms with Crippen LogP contribution in [-0.2, 0) is 12.8 Å². The maximum Gasteiger partial charge on any atom is 0.133 e. The van der Waals surface area contributed by atoms with Crippen molar-refractivity contribution in [2.24, 2.45) is 0 Å². The molecule has 0 atom stereocenters. The van der Waals surface area contributed by atoms with Crippen molar-refractivity contribution in [1.82, 2.24) is 9.97 Å². The van der Waals surface area contributed by atoms with Crippen LogP contribution in [0.25, 0.3) is 0 Å². The molecule has 0 unspecified atom stereocenters. The summed E-state index contributed by atoms with van der Waals surface area (Å²) < 4.78 is 0.734. The first-order valence-electron chi connectivity index (χ1n) is 6.65. The van der Waals surface area contributed by atoms with E-state index in [2.05, 4.69) is 55.9 Å². The first kappa shape index (κ1) is 13.9. The van der Waals surface area contributed by atoms with Crippen molar-refractivity contribution in [3.63, 3.8) is 0 Å². The number of aromatic amines is 1. The molecule has 0 saturated heterocycles. The molecular formula is C16H20N2S. The second kappa shape index (κ2) is 5.66. The number of aromatic nitrogens is 2. The van der Waals surface area contributed by atoms with Gasteiger partial charge in [0.05, 0.1) is 0 Å². The monoisotopic (exact) mass is 272 g/mol. The van der Waals surface area contributed by atoms with Crippen molar-refractivity contribution >= 4 is 12.2 Å². The second-order valence-corrected chi connectivity index (χ2v) is 5.51. The van der Waals surface area contributed by atoms with Gasteiger partial charge in [-0.3, -0.25) is 0 Å². The summed E-state index contributed by atoms with van der Waals surface area (Å²) in [6.07, 6.45) is 1.73. The molecule has 1 N–H and O–H groups in total. The molecule has 2 aromatic rings. The highest BCUT2D eigenvalue weighted by Crippen LogP contribution is 2.14. The van der Waals surface area contributed by atoms with E-state index >= 15 is 0 Å². The highest BCUT2D eigenvalue weighted by atomic mass is 32.1. The van der Waals surface area contributed by atoms with Gasteiger partial charge in [0.2, 0.25) is 0 Å². The summed E-state index contributed by atoms with van der Waals surface area (Å²) in [4.78, 5) is 7.90. The third-order valence-corrected chi connectivity index (χ3v) is 3.62. The molecule has 0 bridgehead atoms. The van der Waals surface area contributed by atoms with Crippen LogP contribution in [0.2, 0.25) is 0 Å². The average Bonchev–Trinajstić information content (AvgIpc) is 2.26. The van der Waals surface area contributed by atoms with E-state index in [1.54, 1.807) is 0 Å². The maximum atomic E-state index is 5.36. The molecule has 3 heteroatoms. The molecule has 1 heterocycles. The van der Waals surface area contributed by atoms with Gasteiger partial charge in [0.15, 0.2) is 0 Å². The Bertz CT molecular complexity index is 636. The Morgan fingerprint density at radius 1 is 1.11 bits per heavy atom. The highest BCUT2D eigenvalue weighted by molar-refractivity contribution is 7.71. The highest BCUT2D eigenvalue weighted by Gasteiger charge is 2.05. The topological polar surface area (TPSA) is 28.7 Å². The van der Waals surface area contributed by atoms with Crippen LogP contribution in [0.1, 0.15) is 40.7 Å². The number of nitrogens with one attached hydrogen (secondary N) is 1. The van der Waals surface area contributed by atoms with Crippen LogP contribution in [0, 0.1) is 25.4 Å². The summed E-state index contributed by atoms with van der Waals surface area (Å²) in [5, 5.41) is 0. The van der Waals surface area contributed by atoms with E-state index in [1.165, 1.54) is 16.7 Å². The minimum atomic E-state index is 0.734. The number of H-pyrrole nitrogens is 1. The Balaban J connectivity index is 2.36. The van der Waals surface area contributed by atoms with Gasteiger partial charge in [0.1, 0.15) is 10.5 Å². The molecule has 100 valence electrons. The van der Waals surface area contributed by atoms with Crippen molar-refractivity contribution < 1.29 is 0 Å². The van der Waals surface area contributed by atoms with Gasteiger partial charge in [-0.15, -0.1) is 0 Å². The molecule has 0 aliphatic carbocycles. The van der Waals surface area contributed by atoms with Crippen LogP contribution in [0.4, 0.5) is 0 Å². The summed E-state index contributed by atoms with van der Waals surface area (Å²) in [5.74, 6) is 0.949. The number of nitrogens with zero attached hydrogens (tertiary/aromatic N) is 1. The minimum absolute atomic E-state index is 0.734. The van der Waals surface area contributed by atoms with E-state index in [1.807, 2.05) is 0 Å². The summed E-state index contributed by atoms with van der Waals surface area (Å²) in [6, 6.07) is 6.59. The first-order valence-corrected chi connectivity index (χ1v) is 7.06. The summed E-state index contributed by atoms with van der Waals surface area (Å²) >= 11 is 5.36. The SMILES string of the molecule is CCc1c(C)[nH]c(Cc2cc(C)cc(C)c2)nc1=S. The molecule has 0 aliphatic rings. The Hall–Kier alpha value is -1.48. The van der Waals surface area contributed by atoms with Gasteiger partial charge in [-0.25, -0.2) is 4.98 Å². The van der Waals surface area contributed by atoms with Crippen LogP contribution >= 0.6 is 12.2 Å². The summed E-state index contributed by atoms with van der Waals surface area (Å²) in [5.41, 5.74) is 6.14. The lowest BCUT2D eigenvalue weighted by molar-refractivity contribution is 0.894. The fraction of sp³-hybridized carbons (Fsp3) is 0.375. The van der Waals surface area contributed by atoms with Gasteiger partial charge in [-0.2, -0.15) is 0 Å². The number of aryl methyl sites for hydroxylation is 3. The van der Waals surface area contributed by atoms with Crippen molar-refractivity contribution in [3.05, 3.63) is 56.6 Å². The first-order chi connectivity index (χ1) is 8.99. The zero-order valence-corrected chi connectivity index (χ0v) is 12.8. The van der Waals surface area contributed by atoms with Gasteiger partial charge in [0.25, 0.3) is 0 Å². The minimum Gasteiger partial charge on any atom is -0.347 e. The lowest BCUT2D eigenvalue weighted by Gasteiger charge is -2.09. The van der Waals surface area contributed by atoms with Crippen molar-refractivity contribution in [2.45, 2.75) is 40.5 Å². The number of benzene rings is 1. The molecular weight excluding hydrogens is 252 g/mol. The fourth-order valence-corrected chi connectivity index (χ4v) is 2.94. The number of rotatable bonds is 3. The molecule has 2 rings (SSSR count). The van der Waals surface area contributed by atoms with Crippen LogP contribution < -0.4 is 0 Å². The largest absolute Gasteiger partial charge is 0.347 e. The molecule has 0 radical (unpaired) electrons. The Kier molecular flexibility index (Phi) is 4.15. The zero-order valence-electron chi connectivity index (χ0n) is 12.0. The van der Waals surface area contributed by atoms with Gasteiger partial charge in [-0.05, 0) is 32.8 Å². The van der Waals surface area contributed by atoms with Crippen molar-refractivity contribution in [2.75, 3.05) is 0 Å². The molecule has 0 spiro atoms. The van der Waals surface area contributed by atoms with Crippen molar-refractivity contribution in [3.8, 4) is 0 Å². The smallest absolute Gasteiger partial charge is 0.133 e. The summed E-state index contributed by atoms with van der Waals surface area (Å²) in [7, 11) is 0. The molecule has 0 fully saturated rings. The van der Waals surface area contributed by atoms with Crippen LogP contribution in [0.5, 0.6) is 0 Å². The number of hydrogen-bond donors (Lipinski definition) is 1. The predicted octanol–water partition coefficient (Wildman–Crippen LogP) is 4.22. The molecule has 1 aromatic heterocycles. The van der Waals surface area contributed by atoms with E-state index in [0.29, 0.717) is 0 Å². The lowest BCUT2D eigenvalue weighted by atomic mass is 10.0. The van der Waals surface area contributed by atoms with Gasteiger partial charge >= 0.3 is 0 Å². The molecule has 2 nitrogen and oxygen atoms in total. The fourth-order valence-electron chi connectivity index (χ4n) is 2.53. The van der Waals surface area contributed by atoms with Gasteiger partial charge in [0, 0.05) is 17.7 Å². The van der Waals surface area contributed by atoms with E-state index in [-0.39, 0.29) is 0 Å². The van der Waals surface area contributed by atoms with E-state index in [9.17, 15) is 0 Å². The lowest BCUT2D eigenvalue weighted by Crippen LogP contribution is -2.03. The molecule has 1 aromatic carbocycles. The summed E-state index contributed by atoms with van der Waals surface area (Å²) in [6.45, 7) is 8.42. The maximum absolute atomic E-state index is 5.36. The molecule has 0 amide bonds. The standard InChI is InChI=1S/C16H20N2S/c1-5-14-12(4)17-15(18-16(14)19)9-13-7-10(2)6-11(3)8-13/h6-8H,5,9H2,1-4H3,(H,17,18,19).